The summed E-state index contributed by atoms with van der Waals surface area (Å²) in [6.07, 6.45) is 2.43. The summed E-state index contributed by atoms with van der Waals surface area (Å²) in [7, 11) is 1.59. The number of aliphatic hydroxyl groups is 1. The molecule has 0 unspecified atom stereocenters. The van der Waals surface area contributed by atoms with E-state index in [0.29, 0.717) is 23.1 Å². The summed E-state index contributed by atoms with van der Waals surface area (Å²) in [5.74, 6) is 5.70. The van der Waals surface area contributed by atoms with Crippen molar-refractivity contribution in [1.29, 1.82) is 0 Å². The van der Waals surface area contributed by atoms with Gasteiger partial charge in [-0.25, -0.2) is 0 Å². The summed E-state index contributed by atoms with van der Waals surface area (Å²) in [5.41, 5.74) is 4.56. The maximum Gasteiger partial charge on any atom is 0.251 e. The quantitative estimate of drug-likeness (QED) is 0.339. The van der Waals surface area contributed by atoms with Crippen LogP contribution >= 0.6 is 0 Å². The summed E-state index contributed by atoms with van der Waals surface area (Å²) in [6.45, 7) is -0.170. The maximum absolute atomic E-state index is 12.8. The number of carbonyl (C=O) groups excluding carboxylic acids is 2. The van der Waals surface area contributed by atoms with E-state index in [4.69, 9.17) is 0 Å². The molecule has 0 spiro atoms. The molecular formula is C28H25N3O3. The Bertz CT molecular complexity index is 1380. The van der Waals surface area contributed by atoms with Gasteiger partial charge in [-0.05, 0) is 60.5 Å². The highest BCUT2D eigenvalue weighted by molar-refractivity contribution is 5.95. The number of fused-ring (bicyclic) bond motifs is 1. The zero-order chi connectivity index (χ0) is 23.9. The second-order valence-electron chi connectivity index (χ2n) is 7.90. The van der Waals surface area contributed by atoms with Crippen LogP contribution in [0.3, 0.4) is 0 Å². The first-order valence-electron chi connectivity index (χ1n) is 11.0. The second-order valence-corrected chi connectivity index (χ2v) is 7.90. The van der Waals surface area contributed by atoms with Gasteiger partial charge in [-0.3, -0.25) is 9.59 Å². The van der Waals surface area contributed by atoms with Crippen LogP contribution in [0.15, 0.2) is 79.0 Å². The van der Waals surface area contributed by atoms with E-state index in [1.807, 2.05) is 36.5 Å². The van der Waals surface area contributed by atoms with Crippen LogP contribution in [-0.2, 0) is 6.42 Å². The van der Waals surface area contributed by atoms with Crippen LogP contribution in [0.2, 0.25) is 0 Å². The van der Waals surface area contributed by atoms with Crippen molar-refractivity contribution in [2.75, 3.05) is 13.7 Å². The molecule has 4 N–H and O–H groups in total. The zero-order valence-corrected chi connectivity index (χ0v) is 18.8. The monoisotopic (exact) mass is 451 g/mol. The third-order valence-corrected chi connectivity index (χ3v) is 5.55. The van der Waals surface area contributed by atoms with E-state index in [9.17, 15) is 14.7 Å². The Morgan fingerprint density at radius 1 is 0.912 bits per heavy atom. The lowest BCUT2D eigenvalue weighted by atomic mass is 10.0. The lowest BCUT2D eigenvalue weighted by Crippen LogP contribution is -2.39. The molecule has 0 saturated heterocycles. The van der Waals surface area contributed by atoms with Crippen LogP contribution in [0.5, 0.6) is 0 Å². The average Bonchev–Trinajstić information content (AvgIpc) is 3.29. The number of hydrogen-bond donors (Lipinski definition) is 4. The molecule has 0 fully saturated rings. The van der Waals surface area contributed by atoms with Crippen LogP contribution in [0.1, 0.15) is 37.4 Å². The summed E-state index contributed by atoms with van der Waals surface area (Å²) in [4.78, 5) is 27.7. The number of para-hydroxylation sites is 1. The largest absolute Gasteiger partial charge is 0.394 e. The van der Waals surface area contributed by atoms with Gasteiger partial charge in [-0.2, -0.15) is 0 Å². The van der Waals surface area contributed by atoms with Crippen LogP contribution in [0.25, 0.3) is 10.9 Å². The van der Waals surface area contributed by atoms with E-state index in [0.717, 1.165) is 22.0 Å². The Hall–Kier alpha value is -4.34. The SMILES string of the molecule is CNC(=O)c1ccc(C#Cc2cccc(C(=O)N[C@@H](CO)Cc3c[nH]c4ccccc34)c2)cc1. The Morgan fingerprint density at radius 3 is 2.44 bits per heavy atom. The van der Waals surface area contributed by atoms with Gasteiger partial charge in [0, 0.05) is 46.4 Å². The first kappa shape index (κ1) is 22.8. The molecule has 6 nitrogen and oxygen atoms in total. The summed E-state index contributed by atoms with van der Waals surface area (Å²) in [5, 5.41) is 16.4. The number of hydrogen-bond acceptors (Lipinski definition) is 3. The molecule has 4 rings (SSSR count). The van der Waals surface area contributed by atoms with Crippen molar-refractivity contribution >= 4 is 22.7 Å². The number of aliphatic hydroxyl groups excluding tert-OH is 1. The molecule has 1 heterocycles. The topological polar surface area (TPSA) is 94.2 Å². The minimum Gasteiger partial charge on any atom is -0.394 e. The molecule has 0 saturated carbocycles. The Kier molecular flexibility index (Phi) is 7.07. The van der Waals surface area contributed by atoms with Gasteiger partial charge in [0.1, 0.15) is 0 Å². The molecule has 1 aromatic heterocycles. The fourth-order valence-electron chi connectivity index (χ4n) is 3.73. The highest BCUT2D eigenvalue weighted by atomic mass is 16.3. The van der Waals surface area contributed by atoms with E-state index < -0.39 is 6.04 Å². The molecule has 0 radical (unpaired) electrons. The third kappa shape index (κ3) is 5.34. The molecule has 4 aromatic rings. The average molecular weight is 452 g/mol. The number of aromatic amines is 1. The van der Waals surface area contributed by atoms with Gasteiger partial charge in [-0.15, -0.1) is 0 Å². The summed E-state index contributed by atoms with van der Waals surface area (Å²) < 4.78 is 0. The number of H-pyrrole nitrogens is 1. The number of nitrogens with one attached hydrogen (secondary N) is 3. The van der Waals surface area contributed by atoms with E-state index >= 15 is 0 Å². The van der Waals surface area contributed by atoms with Crippen molar-refractivity contribution in [3.63, 3.8) is 0 Å². The van der Waals surface area contributed by atoms with Crippen LogP contribution in [0.4, 0.5) is 0 Å². The van der Waals surface area contributed by atoms with Gasteiger partial charge in [-0.1, -0.05) is 36.1 Å². The van der Waals surface area contributed by atoms with E-state index in [1.54, 1.807) is 49.5 Å². The fourth-order valence-corrected chi connectivity index (χ4v) is 3.73. The third-order valence-electron chi connectivity index (χ3n) is 5.55. The Labute approximate surface area is 198 Å². The van der Waals surface area contributed by atoms with Gasteiger partial charge in [0.05, 0.1) is 12.6 Å². The molecule has 0 aliphatic carbocycles. The van der Waals surface area contributed by atoms with E-state index in [-0.39, 0.29) is 18.4 Å². The summed E-state index contributed by atoms with van der Waals surface area (Å²) in [6, 6.07) is 21.6. The standard InChI is InChI=1S/C28H25N3O3/c1-29-27(33)21-13-11-19(12-14-21)9-10-20-5-4-6-22(15-20)28(34)31-24(18-32)16-23-17-30-26-8-3-2-7-25(23)26/h2-8,11-15,17,24,30,32H,16,18H2,1H3,(H,29,33)(H,31,34)/t24-/m1/s1. The van der Waals surface area contributed by atoms with E-state index in [1.165, 1.54) is 0 Å². The van der Waals surface area contributed by atoms with Crippen molar-refractivity contribution in [1.82, 2.24) is 15.6 Å². The number of aromatic nitrogens is 1. The lowest BCUT2D eigenvalue weighted by Gasteiger charge is -2.16. The molecule has 6 heteroatoms. The molecule has 0 aliphatic rings. The maximum atomic E-state index is 12.8. The van der Waals surface area contributed by atoms with Crippen molar-refractivity contribution in [3.05, 3.63) is 107 Å². The second kappa shape index (κ2) is 10.5. The van der Waals surface area contributed by atoms with Gasteiger partial charge < -0.3 is 20.7 Å². The van der Waals surface area contributed by atoms with Gasteiger partial charge in [0.15, 0.2) is 0 Å². The smallest absolute Gasteiger partial charge is 0.251 e. The van der Waals surface area contributed by atoms with Crippen LogP contribution in [0, 0.1) is 11.8 Å². The molecule has 3 aromatic carbocycles. The normalized spacial score (nSPS) is 11.4. The minimum atomic E-state index is -0.416. The predicted octanol–water partition coefficient (Wildman–Crippen LogP) is 3.26. The number of rotatable bonds is 6. The number of benzene rings is 3. The summed E-state index contributed by atoms with van der Waals surface area (Å²) >= 11 is 0. The molecule has 34 heavy (non-hydrogen) atoms. The van der Waals surface area contributed by atoms with Crippen molar-refractivity contribution < 1.29 is 14.7 Å². The molecule has 170 valence electrons. The highest BCUT2D eigenvalue weighted by Crippen LogP contribution is 2.19. The molecule has 0 aliphatic heterocycles. The van der Waals surface area contributed by atoms with Crippen molar-refractivity contribution in [2.24, 2.45) is 0 Å². The van der Waals surface area contributed by atoms with Gasteiger partial charge in [0.25, 0.3) is 11.8 Å². The number of carbonyl (C=O) groups is 2. The predicted molar refractivity (Wildman–Crippen MR) is 133 cm³/mol. The molecule has 0 bridgehead atoms. The van der Waals surface area contributed by atoms with Crippen molar-refractivity contribution in [2.45, 2.75) is 12.5 Å². The van der Waals surface area contributed by atoms with Gasteiger partial charge in [0.2, 0.25) is 0 Å². The zero-order valence-electron chi connectivity index (χ0n) is 18.8. The van der Waals surface area contributed by atoms with Crippen LogP contribution in [-0.4, -0.2) is 41.6 Å². The first-order valence-corrected chi connectivity index (χ1v) is 11.0. The first-order chi connectivity index (χ1) is 16.6. The van der Waals surface area contributed by atoms with Crippen molar-refractivity contribution in [3.8, 4) is 11.8 Å². The van der Waals surface area contributed by atoms with E-state index in [2.05, 4.69) is 27.5 Å². The molecule has 1 atom stereocenters. The fraction of sp³-hybridized carbons (Fsp3) is 0.143. The lowest BCUT2D eigenvalue weighted by molar-refractivity contribution is 0.0915. The number of amides is 2. The minimum absolute atomic E-state index is 0.149. The Morgan fingerprint density at radius 2 is 1.68 bits per heavy atom. The van der Waals surface area contributed by atoms with Gasteiger partial charge >= 0.3 is 0 Å². The highest BCUT2D eigenvalue weighted by Gasteiger charge is 2.16. The van der Waals surface area contributed by atoms with Crippen LogP contribution < -0.4 is 10.6 Å². The Balaban J connectivity index is 1.44. The molecular weight excluding hydrogens is 426 g/mol. The molecule has 2 amide bonds.